The maximum atomic E-state index is 12.6. The second-order valence-corrected chi connectivity index (χ2v) is 10.6. The van der Waals surface area contributed by atoms with Crippen LogP contribution in [0.3, 0.4) is 0 Å². The molecule has 2 amide bonds. The first-order valence-corrected chi connectivity index (χ1v) is 13.5. The van der Waals surface area contributed by atoms with Gasteiger partial charge in [0, 0.05) is 55.5 Å². The number of carbonyl (C=O) groups is 1. The summed E-state index contributed by atoms with van der Waals surface area (Å²) in [5, 5.41) is 10.5. The van der Waals surface area contributed by atoms with Crippen LogP contribution in [-0.4, -0.2) is 60.8 Å². The summed E-state index contributed by atoms with van der Waals surface area (Å²) in [4.78, 5) is 20.4. The zero-order chi connectivity index (χ0) is 28.1. The molecule has 0 bridgehead atoms. The second-order valence-electron chi connectivity index (χ2n) is 10.6. The quantitative estimate of drug-likeness (QED) is 0.350. The second kappa shape index (κ2) is 9.68. The van der Waals surface area contributed by atoms with Crippen LogP contribution >= 0.6 is 0 Å². The fourth-order valence-electron chi connectivity index (χ4n) is 5.63. The number of fused-ring (bicyclic) bond motifs is 3. The number of amides is 2. The number of nitrogens with two attached hydrogens (primary N) is 1. The van der Waals surface area contributed by atoms with Crippen molar-refractivity contribution < 1.29 is 4.79 Å². The van der Waals surface area contributed by atoms with Gasteiger partial charge in [-0.15, -0.1) is 0 Å². The van der Waals surface area contributed by atoms with Crippen molar-refractivity contribution in [1.29, 1.82) is 0 Å². The topological polar surface area (TPSA) is 97.6 Å². The molecule has 7 rings (SSSR count). The maximum Gasteiger partial charge on any atom is 0.319 e. The Bertz CT molecular complexity index is 1920. The standard InChI is InChI=1S/C32H28N8O/c1-37(2)32(41)38-13-12-22-8-10-24(14-26(22)18-38)29-16-27(30-31(33)34-20-35-40(29)30)23-9-11-25-19-39(36-28(25)15-23)17-21-6-4-3-5-7-21/h3-4,6,8-11,14-16,19-20H,12-13,17-18H2,1-2H3,(H2,33,34,35). The molecular weight excluding hydrogens is 512 g/mol. The van der Waals surface area contributed by atoms with Gasteiger partial charge in [-0.3, -0.25) is 4.68 Å². The van der Waals surface area contributed by atoms with Gasteiger partial charge in [0.25, 0.3) is 0 Å². The molecule has 202 valence electrons. The maximum absolute atomic E-state index is 12.6. The van der Waals surface area contributed by atoms with Crippen LogP contribution in [0.4, 0.5) is 10.6 Å². The van der Waals surface area contributed by atoms with Crippen molar-refractivity contribution in [2.75, 3.05) is 26.4 Å². The largest absolute Gasteiger partial charge is 0.382 e. The van der Waals surface area contributed by atoms with Gasteiger partial charge < -0.3 is 15.5 Å². The van der Waals surface area contributed by atoms with E-state index in [0.717, 1.165) is 56.4 Å². The van der Waals surface area contributed by atoms with Crippen LogP contribution < -0.4 is 5.73 Å². The number of aromatic nitrogens is 5. The highest BCUT2D eigenvalue weighted by molar-refractivity contribution is 5.95. The van der Waals surface area contributed by atoms with Crippen LogP contribution in [0.15, 0.2) is 73.2 Å². The van der Waals surface area contributed by atoms with Crippen molar-refractivity contribution >= 4 is 28.3 Å². The molecule has 0 spiro atoms. The highest BCUT2D eigenvalue weighted by Gasteiger charge is 2.23. The van der Waals surface area contributed by atoms with Gasteiger partial charge in [-0.2, -0.15) is 10.2 Å². The van der Waals surface area contributed by atoms with Gasteiger partial charge in [0.15, 0.2) is 5.82 Å². The normalized spacial score (nSPS) is 12.9. The zero-order valence-corrected chi connectivity index (χ0v) is 22.9. The van der Waals surface area contributed by atoms with Crippen LogP contribution in [-0.2, 0) is 19.5 Å². The fourth-order valence-corrected chi connectivity index (χ4v) is 5.63. The van der Waals surface area contributed by atoms with Gasteiger partial charge in [0.05, 0.1) is 17.8 Å². The lowest BCUT2D eigenvalue weighted by Gasteiger charge is -2.31. The third kappa shape index (κ3) is 4.39. The molecule has 1 aliphatic rings. The van der Waals surface area contributed by atoms with E-state index in [2.05, 4.69) is 64.7 Å². The van der Waals surface area contributed by atoms with Gasteiger partial charge in [-0.1, -0.05) is 42.5 Å². The summed E-state index contributed by atoms with van der Waals surface area (Å²) in [6.45, 7) is 1.91. The van der Waals surface area contributed by atoms with E-state index < -0.39 is 0 Å². The number of hydrogen-bond donors (Lipinski definition) is 1. The molecule has 0 unspecified atom stereocenters. The molecule has 2 N–H and O–H groups in total. The van der Waals surface area contributed by atoms with Gasteiger partial charge in [0.1, 0.15) is 11.8 Å². The molecule has 0 aliphatic carbocycles. The Balaban J connectivity index is 1.29. The molecule has 6 aromatic rings. The van der Waals surface area contributed by atoms with Gasteiger partial charge in [-0.05, 0) is 53.4 Å². The Morgan fingerprint density at radius 1 is 1.07 bits per heavy atom. The molecular formula is C32H28N8O. The van der Waals surface area contributed by atoms with Crippen molar-refractivity contribution in [3.8, 4) is 22.4 Å². The van der Waals surface area contributed by atoms with Crippen molar-refractivity contribution in [2.45, 2.75) is 19.5 Å². The molecule has 1 aliphatic heterocycles. The number of nitrogen functional groups attached to an aromatic ring is 1. The molecule has 3 aromatic heterocycles. The van der Waals surface area contributed by atoms with E-state index in [0.29, 0.717) is 25.5 Å². The molecule has 0 fully saturated rings. The number of rotatable bonds is 4. The van der Waals surface area contributed by atoms with E-state index in [1.807, 2.05) is 38.5 Å². The van der Waals surface area contributed by atoms with Crippen LogP contribution in [0.1, 0.15) is 16.7 Å². The first kappa shape index (κ1) is 24.7. The summed E-state index contributed by atoms with van der Waals surface area (Å²) in [5.41, 5.74) is 15.3. The number of urea groups is 1. The Labute approximate surface area is 237 Å². The van der Waals surface area contributed by atoms with E-state index in [4.69, 9.17) is 10.8 Å². The third-order valence-corrected chi connectivity index (χ3v) is 7.66. The highest BCUT2D eigenvalue weighted by Crippen LogP contribution is 2.36. The smallest absolute Gasteiger partial charge is 0.319 e. The number of nitrogens with zero attached hydrogens (tertiary/aromatic N) is 7. The SMILES string of the molecule is CN(C)C(=O)N1CCc2ccc(-c3cc(-c4ccc5cn(Cc6c#cccc6)nc5c4)c4c(N)ncnn34)cc2C1. The number of anilines is 1. The van der Waals surface area contributed by atoms with Crippen LogP contribution in [0.2, 0.25) is 0 Å². The average Bonchev–Trinajstić information content (AvgIpc) is 3.58. The molecule has 0 saturated carbocycles. The molecule has 0 radical (unpaired) electrons. The minimum absolute atomic E-state index is 0.0232. The summed E-state index contributed by atoms with van der Waals surface area (Å²) in [7, 11) is 3.57. The highest BCUT2D eigenvalue weighted by atomic mass is 16.2. The fraction of sp³-hybridized carbons (Fsp3) is 0.188. The van der Waals surface area contributed by atoms with Crippen LogP contribution in [0, 0.1) is 12.1 Å². The predicted octanol–water partition coefficient (Wildman–Crippen LogP) is 4.68. The van der Waals surface area contributed by atoms with E-state index in [9.17, 15) is 4.79 Å². The summed E-state index contributed by atoms with van der Waals surface area (Å²) >= 11 is 0. The van der Waals surface area contributed by atoms with E-state index >= 15 is 0 Å². The average molecular weight is 541 g/mol. The molecule has 41 heavy (non-hydrogen) atoms. The van der Waals surface area contributed by atoms with Gasteiger partial charge in [-0.25, -0.2) is 14.3 Å². The third-order valence-electron chi connectivity index (χ3n) is 7.66. The van der Waals surface area contributed by atoms with E-state index in [1.165, 1.54) is 11.9 Å². The Morgan fingerprint density at radius 2 is 1.95 bits per heavy atom. The Hall–Kier alpha value is -5.36. The summed E-state index contributed by atoms with van der Waals surface area (Å²) in [6.07, 6.45) is 4.35. The van der Waals surface area contributed by atoms with E-state index in [1.54, 1.807) is 19.0 Å². The van der Waals surface area contributed by atoms with Crippen molar-refractivity contribution in [2.24, 2.45) is 0 Å². The van der Waals surface area contributed by atoms with Crippen molar-refractivity contribution in [3.05, 3.63) is 102 Å². The lowest BCUT2D eigenvalue weighted by molar-refractivity contribution is 0.165. The summed E-state index contributed by atoms with van der Waals surface area (Å²) in [6, 6.07) is 26.8. The molecule has 0 atom stereocenters. The van der Waals surface area contributed by atoms with Crippen LogP contribution in [0.25, 0.3) is 38.8 Å². The minimum atomic E-state index is 0.0232. The Kier molecular flexibility index (Phi) is 5.82. The van der Waals surface area contributed by atoms with Crippen molar-refractivity contribution in [1.82, 2.24) is 34.2 Å². The monoisotopic (exact) mass is 540 g/mol. The van der Waals surface area contributed by atoms with Gasteiger partial charge >= 0.3 is 6.03 Å². The first-order valence-electron chi connectivity index (χ1n) is 13.5. The molecule has 9 heteroatoms. The zero-order valence-electron chi connectivity index (χ0n) is 22.9. The first-order chi connectivity index (χ1) is 19.9. The summed E-state index contributed by atoms with van der Waals surface area (Å²) < 4.78 is 3.78. The van der Waals surface area contributed by atoms with Gasteiger partial charge in [0.2, 0.25) is 0 Å². The molecule has 9 nitrogen and oxygen atoms in total. The van der Waals surface area contributed by atoms with Crippen molar-refractivity contribution in [3.63, 3.8) is 0 Å². The molecule has 4 heterocycles. The Morgan fingerprint density at radius 3 is 2.78 bits per heavy atom. The number of hydrogen-bond acceptors (Lipinski definition) is 5. The van der Waals surface area contributed by atoms with Crippen LogP contribution in [0.5, 0.6) is 0 Å². The molecule has 0 saturated heterocycles. The van der Waals surface area contributed by atoms with E-state index in [-0.39, 0.29) is 6.03 Å². The minimum Gasteiger partial charge on any atom is -0.382 e. The number of carbonyl (C=O) groups excluding carboxylic acids is 1. The number of benzene rings is 2. The lowest BCUT2D eigenvalue weighted by atomic mass is 9.96. The summed E-state index contributed by atoms with van der Waals surface area (Å²) in [5.74, 6) is 0.406. The lowest BCUT2D eigenvalue weighted by Crippen LogP contribution is -2.42. The molecule has 3 aromatic carbocycles. The predicted molar refractivity (Wildman–Crippen MR) is 158 cm³/mol.